The zero-order chi connectivity index (χ0) is 14.5. The summed E-state index contributed by atoms with van der Waals surface area (Å²) in [6, 6.07) is 9.18. The molecule has 1 N–H and O–H groups in total. The summed E-state index contributed by atoms with van der Waals surface area (Å²) in [5.74, 6) is 0.553. The number of hydrogen-bond acceptors (Lipinski definition) is 3. The SMILES string of the molecule is Cc1cc(C)nc(CNC(=O)Cc2cccc(Cl)c2)n1. The van der Waals surface area contributed by atoms with E-state index in [0.717, 1.165) is 17.0 Å². The normalized spacial score (nSPS) is 10.3. The molecule has 1 amide bonds. The van der Waals surface area contributed by atoms with Gasteiger partial charge in [-0.05, 0) is 37.6 Å². The van der Waals surface area contributed by atoms with Crippen LogP contribution in [0.3, 0.4) is 0 Å². The minimum Gasteiger partial charge on any atom is -0.349 e. The van der Waals surface area contributed by atoms with Gasteiger partial charge in [-0.25, -0.2) is 9.97 Å². The van der Waals surface area contributed by atoms with E-state index in [1.165, 1.54) is 0 Å². The van der Waals surface area contributed by atoms with Crippen LogP contribution in [0, 0.1) is 13.8 Å². The molecule has 0 saturated heterocycles. The van der Waals surface area contributed by atoms with Crippen molar-refractivity contribution >= 4 is 17.5 Å². The second kappa shape index (κ2) is 6.48. The van der Waals surface area contributed by atoms with Crippen LogP contribution < -0.4 is 5.32 Å². The van der Waals surface area contributed by atoms with Gasteiger partial charge in [-0.1, -0.05) is 23.7 Å². The number of carbonyl (C=O) groups is 1. The molecule has 0 aliphatic heterocycles. The Morgan fingerprint density at radius 3 is 2.55 bits per heavy atom. The summed E-state index contributed by atoms with van der Waals surface area (Å²) in [7, 11) is 0. The number of benzene rings is 1. The second-order valence-corrected chi connectivity index (χ2v) is 5.09. The first-order valence-electron chi connectivity index (χ1n) is 6.35. The number of halogens is 1. The van der Waals surface area contributed by atoms with Crippen LogP contribution in [-0.4, -0.2) is 15.9 Å². The predicted octanol–water partition coefficient (Wildman–Crippen LogP) is 2.61. The van der Waals surface area contributed by atoms with Crippen LogP contribution in [0.2, 0.25) is 5.02 Å². The molecule has 0 radical (unpaired) electrons. The Labute approximate surface area is 123 Å². The number of aryl methyl sites for hydroxylation is 2. The molecule has 0 aliphatic carbocycles. The van der Waals surface area contributed by atoms with Crippen molar-refractivity contribution in [3.05, 3.63) is 58.1 Å². The van der Waals surface area contributed by atoms with Gasteiger partial charge in [0, 0.05) is 16.4 Å². The fourth-order valence-electron chi connectivity index (χ4n) is 1.95. The minimum atomic E-state index is -0.0741. The second-order valence-electron chi connectivity index (χ2n) is 4.65. The lowest BCUT2D eigenvalue weighted by Gasteiger charge is -2.06. The Kier molecular flexibility index (Phi) is 4.69. The van der Waals surface area contributed by atoms with Crippen molar-refractivity contribution in [3.63, 3.8) is 0 Å². The lowest BCUT2D eigenvalue weighted by atomic mass is 10.1. The fourth-order valence-corrected chi connectivity index (χ4v) is 2.16. The molecule has 0 fully saturated rings. The molecule has 1 aromatic heterocycles. The summed E-state index contributed by atoms with van der Waals surface area (Å²) < 4.78 is 0. The van der Waals surface area contributed by atoms with Crippen molar-refractivity contribution in [1.29, 1.82) is 0 Å². The number of nitrogens with zero attached hydrogens (tertiary/aromatic N) is 2. The predicted molar refractivity (Wildman–Crippen MR) is 78.5 cm³/mol. The first-order valence-corrected chi connectivity index (χ1v) is 6.73. The Hall–Kier alpha value is -1.94. The monoisotopic (exact) mass is 289 g/mol. The van der Waals surface area contributed by atoms with Gasteiger partial charge in [-0.3, -0.25) is 4.79 Å². The van der Waals surface area contributed by atoms with Gasteiger partial charge < -0.3 is 5.32 Å². The van der Waals surface area contributed by atoms with E-state index in [-0.39, 0.29) is 5.91 Å². The van der Waals surface area contributed by atoms with Gasteiger partial charge in [0.05, 0.1) is 13.0 Å². The van der Waals surface area contributed by atoms with E-state index in [4.69, 9.17) is 11.6 Å². The van der Waals surface area contributed by atoms with E-state index in [0.29, 0.717) is 23.8 Å². The van der Waals surface area contributed by atoms with Crippen molar-refractivity contribution < 1.29 is 4.79 Å². The van der Waals surface area contributed by atoms with Gasteiger partial charge in [-0.2, -0.15) is 0 Å². The summed E-state index contributed by atoms with van der Waals surface area (Å²) in [5, 5.41) is 3.45. The molecule has 0 unspecified atom stereocenters. The first-order chi connectivity index (χ1) is 9.52. The maximum Gasteiger partial charge on any atom is 0.224 e. The molecule has 0 bridgehead atoms. The third-order valence-corrected chi connectivity index (χ3v) is 2.96. The smallest absolute Gasteiger partial charge is 0.224 e. The molecule has 5 heteroatoms. The maximum absolute atomic E-state index is 11.9. The number of carbonyl (C=O) groups excluding carboxylic acids is 1. The molecule has 2 rings (SSSR count). The van der Waals surface area contributed by atoms with Crippen LogP contribution in [0.5, 0.6) is 0 Å². The van der Waals surface area contributed by atoms with E-state index >= 15 is 0 Å². The van der Waals surface area contributed by atoms with E-state index < -0.39 is 0 Å². The van der Waals surface area contributed by atoms with Gasteiger partial charge >= 0.3 is 0 Å². The number of rotatable bonds is 4. The van der Waals surface area contributed by atoms with Crippen molar-refractivity contribution in [2.75, 3.05) is 0 Å². The Bertz CT molecular complexity index is 608. The van der Waals surface area contributed by atoms with Crippen molar-refractivity contribution in [2.45, 2.75) is 26.8 Å². The molecule has 2 aromatic rings. The molecule has 0 saturated carbocycles. The number of hydrogen-bond donors (Lipinski definition) is 1. The average Bonchev–Trinajstić information content (AvgIpc) is 2.35. The first kappa shape index (κ1) is 14.5. The molecule has 1 heterocycles. The number of nitrogens with one attached hydrogen (secondary N) is 1. The summed E-state index contributed by atoms with van der Waals surface area (Å²) in [6.07, 6.45) is 0.297. The van der Waals surface area contributed by atoms with Crippen molar-refractivity contribution in [2.24, 2.45) is 0 Å². The van der Waals surface area contributed by atoms with Crippen LogP contribution in [0.1, 0.15) is 22.8 Å². The van der Waals surface area contributed by atoms with Crippen molar-refractivity contribution in [3.8, 4) is 0 Å². The van der Waals surface area contributed by atoms with Gasteiger partial charge in [0.25, 0.3) is 0 Å². The fraction of sp³-hybridized carbons (Fsp3) is 0.267. The van der Waals surface area contributed by atoms with E-state index in [1.807, 2.05) is 32.0 Å². The van der Waals surface area contributed by atoms with Crippen LogP contribution in [-0.2, 0) is 17.8 Å². The number of amides is 1. The molecule has 4 nitrogen and oxygen atoms in total. The lowest BCUT2D eigenvalue weighted by molar-refractivity contribution is -0.120. The zero-order valence-corrected chi connectivity index (χ0v) is 12.2. The third kappa shape index (κ3) is 4.31. The highest BCUT2D eigenvalue weighted by molar-refractivity contribution is 6.30. The highest BCUT2D eigenvalue weighted by Gasteiger charge is 2.05. The Balaban J connectivity index is 1.92. The van der Waals surface area contributed by atoms with Crippen LogP contribution in [0.4, 0.5) is 0 Å². The van der Waals surface area contributed by atoms with E-state index in [9.17, 15) is 4.79 Å². The largest absolute Gasteiger partial charge is 0.349 e. The Morgan fingerprint density at radius 1 is 1.20 bits per heavy atom. The maximum atomic E-state index is 11.9. The highest BCUT2D eigenvalue weighted by Crippen LogP contribution is 2.11. The average molecular weight is 290 g/mol. The molecule has 20 heavy (non-hydrogen) atoms. The zero-order valence-electron chi connectivity index (χ0n) is 11.5. The van der Waals surface area contributed by atoms with Gasteiger partial charge in [-0.15, -0.1) is 0 Å². The molecule has 104 valence electrons. The summed E-state index contributed by atoms with van der Waals surface area (Å²) in [5.41, 5.74) is 2.68. The lowest BCUT2D eigenvalue weighted by Crippen LogP contribution is -2.25. The molecular weight excluding hydrogens is 274 g/mol. The molecule has 1 aromatic carbocycles. The standard InChI is InChI=1S/C15H16ClN3O/c1-10-6-11(2)19-14(18-10)9-17-15(20)8-12-4-3-5-13(16)7-12/h3-7H,8-9H2,1-2H3,(H,17,20). The van der Waals surface area contributed by atoms with E-state index in [2.05, 4.69) is 15.3 Å². The minimum absolute atomic E-state index is 0.0741. The van der Waals surface area contributed by atoms with Gasteiger partial charge in [0.2, 0.25) is 5.91 Å². The number of aromatic nitrogens is 2. The van der Waals surface area contributed by atoms with Crippen LogP contribution in [0.25, 0.3) is 0 Å². The van der Waals surface area contributed by atoms with Crippen molar-refractivity contribution in [1.82, 2.24) is 15.3 Å². The summed E-state index contributed by atoms with van der Waals surface area (Å²) in [4.78, 5) is 20.4. The van der Waals surface area contributed by atoms with Gasteiger partial charge in [0.15, 0.2) is 0 Å². The topological polar surface area (TPSA) is 54.9 Å². The summed E-state index contributed by atoms with van der Waals surface area (Å²) >= 11 is 5.88. The highest BCUT2D eigenvalue weighted by atomic mass is 35.5. The summed E-state index contributed by atoms with van der Waals surface area (Å²) in [6.45, 7) is 4.15. The molecule has 0 aliphatic rings. The molecule has 0 atom stereocenters. The van der Waals surface area contributed by atoms with E-state index in [1.54, 1.807) is 12.1 Å². The van der Waals surface area contributed by atoms with Crippen LogP contribution in [0.15, 0.2) is 30.3 Å². The van der Waals surface area contributed by atoms with Crippen LogP contribution >= 0.6 is 11.6 Å². The van der Waals surface area contributed by atoms with Gasteiger partial charge in [0.1, 0.15) is 5.82 Å². The molecule has 0 spiro atoms. The molecular formula is C15H16ClN3O. The quantitative estimate of drug-likeness (QED) is 0.941. The Morgan fingerprint density at radius 2 is 1.90 bits per heavy atom. The third-order valence-electron chi connectivity index (χ3n) is 2.73.